The lowest BCUT2D eigenvalue weighted by Gasteiger charge is -2.19. The van der Waals surface area contributed by atoms with E-state index in [4.69, 9.17) is 4.74 Å². The molecule has 2 unspecified atom stereocenters. The van der Waals surface area contributed by atoms with Gasteiger partial charge in [-0.1, -0.05) is 0 Å². The Morgan fingerprint density at radius 2 is 2.43 bits per heavy atom. The average Bonchev–Trinajstić information content (AvgIpc) is 3.04. The van der Waals surface area contributed by atoms with Crippen molar-refractivity contribution in [2.45, 2.75) is 44.6 Å². The Hall–Kier alpha value is -1.63. The van der Waals surface area contributed by atoms with Gasteiger partial charge in [0, 0.05) is 17.8 Å². The van der Waals surface area contributed by atoms with Crippen LogP contribution in [0.2, 0.25) is 0 Å². The third kappa shape index (κ3) is 3.02. The second-order valence-electron chi connectivity index (χ2n) is 5.37. The molecule has 0 bridgehead atoms. The molecule has 3 rings (SSSR count). The lowest BCUT2D eigenvalue weighted by atomic mass is 9.91. The molecular weight excluding hydrogens is 290 g/mol. The number of rotatable bonds is 4. The van der Waals surface area contributed by atoms with E-state index in [2.05, 4.69) is 15.6 Å². The van der Waals surface area contributed by atoms with E-state index in [-0.39, 0.29) is 23.8 Å². The third-order valence-electron chi connectivity index (χ3n) is 3.83. The number of thiazole rings is 1. The summed E-state index contributed by atoms with van der Waals surface area (Å²) >= 11 is 1.59. The van der Waals surface area contributed by atoms with Crippen LogP contribution in [0.3, 0.4) is 0 Å². The second-order valence-corrected chi connectivity index (χ2v) is 6.46. The zero-order valence-corrected chi connectivity index (χ0v) is 12.8. The van der Waals surface area contributed by atoms with Gasteiger partial charge >= 0.3 is 5.97 Å². The molecule has 1 aromatic heterocycles. The van der Waals surface area contributed by atoms with Gasteiger partial charge in [0.15, 0.2) is 5.13 Å². The number of aromatic nitrogens is 1. The molecule has 2 heterocycles. The fourth-order valence-corrected chi connectivity index (χ4v) is 3.98. The maximum absolute atomic E-state index is 12.0. The minimum absolute atomic E-state index is 0.0678. The van der Waals surface area contributed by atoms with E-state index >= 15 is 0 Å². The second kappa shape index (κ2) is 6.01. The zero-order valence-electron chi connectivity index (χ0n) is 12.0. The Labute approximate surface area is 127 Å². The van der Waals surface area contributed by atoms with Crippen LogP contribution in [0.4, 0.5) is 5.13 Å². The number of carbonyl (C=O) groups excluding carboxylic acids is 2. The van der Waals surface area contributed by atoms with Crippen molar-refractivity contribution in [3.63, 3.8) is 0 Å². The lowest BCUT2D eigenvalue weighted by Crippen LogP contribution is -2.22. The highest BCUT2D eigenvalue weighted by Crippen LogP contribution is 2.37. The molecule has 1 aliphatic heterocycles. The van der Waals surface area contributed by atoms with E-state index in [1.54, 1.807) is 11.3 Å². The minimum Gasteiger partial charge on any atom is -0.465 e. The summed E-state index contributed by atoms with van der Waals surface area (Å²) < 4.78 is 5.15. The summed E-state index contributed by atoms with van der Waals surface area (Å²) in [7, 11) is 0. The van der Waals surface area contributed by atoms with Gasteiger partial charge < -0.3 is 15.4 Å². The van der Waals surface area contributed by atoms with Gasteiger partial charge in [-0.2, -0.15) is 0 Å². The first-order valence-corrected chi connectivity index (χ1v) is 8.18. The highest BCUT2D eigenvalue weighted by molar-refractivity contribution is 7.15. The van der Waals surface area contributed by atoms with Crippen LogP contribution < -0.4 is 10.6 Å². The van der Waals surface area contributed by atoms with Crippen LogP contribution in [0, 0.1) is 0 Å². The predicted octanol–water partition coefficient (Wildman–Crippen LogP) is 1.43. The molecule has 1 saturated heterocycles. The smallest absolute Gasteiger partial charge is 0.315 e. The van der Waals surface area contributed by atoms with E-state index in [0.29, 0.717) is 19.6 Å². The number of nitrogens with zero attached hydrogens (tertiary/aromatic N) is 1. The fourth-order valence-electron chi connectivity index (χ4n) is 2.83. The Morgan fingerprint density at radius 3 is 3.14 bits per heavy atom. The van der Waals surface area contributed by atoms with E-state index in [1.165, 1.54) is 4.88 Å². The van der Waals surface area contributed by atoms with E-state index in [9.17, 15) is 9.59 Å². The zero-order chi connectivity index (χ0) is 14.8. The highest BCUT2D eigenvalue weighted by atomic mass is 32.1. The van der Waals surface area contributed by atoms with Crippen LogP contribution >= 0.6 is 11.3 Å². The van der Waals surface area contributed by atoms with Crippen LogP contribution in [0.1, 0.15) is 42.7 Å². The molecule has 0 spiro atoms. The first-order chi connectivity index (χ1) is 10.2. The van der Waals surface area contributed by atoms with Crippen molar-refractivity contribution in [1.29, 1.82) is 0 Å². The van der Waals surface area contributed by atoms with Crippen molar-refractivity contribution in [3.8, 4) is 0 Å². The number of amides is 1. The molecule has 2 aliphatic rings. The van der Waals surface area contributed by atoms with Gasteiger partial charge in [0.2, 0.25) is 5.91 Å². The van der Waals surface area contributed by atoms with Gasteiger partial charge in [0.1, 0.15) is 5.92 Å². The summed E-state index contributed by atoms with van der Waals surface area (Å²) in [5.74, 6) is -0.338. The summed E-state index contributed by atoms with van der Waals surface area (Å²) in [5.41, 5.74) is 0.865. The molecular formula is C14H19N3O3S. The van der Waals surface area contributed by atoms with Crippen molar-refractivity contribution < 1.29 is 14.3 Å². The summed E-state index contributed by atoms with van der Waals surface area (Å²) in [4.78, 5) is 29.0. The van der Waals surface area contributed by atoms with Gasteiger partial charge in [0.25, 0.3) is 0 Å². The Bertz CT molecular complexity index is 558. The number of aryl methyl sites for hydroxylation is 1. The monoisotopic (exact) mass is 309 g/mol. The molecule has 1 aromatic rings. The number of anilines is 1. The summed E-state index contributed by atoms with van der Waals surface area (Å²) in [5, 5.41) is 6.89. The molecule has 0 aromatic carbocycles. The number of esters is 1. The van der Waals surface area contributed by atoms with Gasteiger partial charge in [-0.3, -0.25) is 9.59 Å². The molecule has 6 nitrogen and oxygen atoms in total. The van der Waals surface area contributed by atoms with Crippen molar-refractivity contribution in [2.75, 3.05) is 18.5 Å². The highest BCUT2D eigenvalue weighted by Gasteiger charge is 2.32. The van der Waals surface area contributed by atoms with Crippen molar-refractivity contribution in [3.05, 3.63) is 10.6 Å². The normalized spacial score (nSPS) is 24.3. The van der Waals surface area contributed by atoms with E-state index < -0.39 is 0 Å². The average molecular weight is 309 g/mol. The Balaban J connectivity index is 1.74. The molecule has 21 heavy (non-hydrogen) atoms. The molecule has 0 radical (unpaired) electrons. The summed E-state index contributed by atoms with van der Waals surface area (Å²) in [6.45, 7) is 2.85. The van der Waals surface area contributed by atoms with Gasteiger partial charge in [-0.15, -0.1) is 11.3 Å². The molecule has 2 atom stereocenters. The minimum atomic E-state index is -0.233. The maximum Gasteiger partial charge on any atom is 0.315 e. The first kappa shape index (κ1) is 14.3. The summed E-state index contributed by atoms with van der Waals surface area (Å²) in [6, 6.07) is 0.0890. The van der Waals surface area contributed by atoms with E-state index in [0.717, 1.165) is 30.1 Å². The molecule has 1 aliphatic carbocycles. The van der Waals surface area contributed by atoms with Crippen molar-refractivity contribution in [1.82, 2.24) is 10.3 Å². The SMILES string of the molecule is CCOC(=O)C1CCCc2sc(NC3CNC(=O)C3)nc21. The number of ether oxygens (including phenoxy) is 1. The number of hydrogen-bond acceptors (Lipinski definition) is 6. The molecule has 7 heteroatoms. The number of hydrogen-bond donors (Lipinski definition) is 2. The number of carbonyl (C=O) groups is 2. The molecule has 114 valence electrons. The maximum atomic E-state index is 12.0. The van der Waals surface area contributed by atoms with E-state index in [1.807, 2.05) is 6.92 Å². The number of fused-ring (bicyclic) bond motifs is 1. The van der Waals surface area contributed by atoms with Crippen LogP contribution in [0.15, 0.2) is 0 Å². The number of nitrogens with one attached hydrogen (secondary N) is 2. The standard InChI is InChI=1S/C14H19N3O3S/c1-2-20-13(19)9-4-3-5-10-12(9)17-14(21-10)16-8-6-11(18)15-7-8/h8-9H,2-7H2,1H3,(H,15,18)(H,16,17). The van der Waals surface area contributed by atoms with Gasteiger partial charge in [-0.05, 0) is 26.2 Å². The molecule has 0 saturated carbocycles. The Kier molecular flexibility index (Phi) is 4.10. The molecule has 1 fully saturated rings. The first-order valence-electron chi connectivity index (χ1n) is 7.37. The van der Waals surface area contributed by atoms with Crippen molar-refractivity contribution in [2.24, 2.45) is 0 Å². The predicted molar refractivity (Wildman–Crippen MR) is 79.5 cm³/mol. The third-order valence-corrected chi connectivity index (χ3v) is 4.89. The quantitative estimate of drug-likeness (QED) is 0.822. The van der Waals surface area contributed by atoms with Crippen LogP contribution in [-0.2, 0) is 20.7 Å². The van der Waals surface area contributed by atoms with Crippen LogP contribution in [0.5, 0.6) is 0 Å². The van der Waals surface area contributed by atoms with Gasteiger partial charge in [-0.25, -0.2) is 4.98 Å². The van der Waals surface area contributed by atoms with Crippen molar-refractivity contribution >= 4 is 28.3 Å². The van der Waals surface area contributed by atoms with Crippen LogP contribution in [0.25, 0.3) is 0 Å². The fraction of sp³-hybridized carbons (Fsp3) is 0.643. The summed E-state index contributed by atoms with van der Waals surface area (Å²) in [6.07, 6.45) is 3.23. The van der Waals surface area contributed by atoms with Crippen LogP contribution in [-0.4, -0.2) is 36.1 Å². The van der Waals surface area contributed by atoms with Gasteiger partial charge in [0.05, 0.1) is 18.3 Å². The lowest BCUT2D eigenvalue weighted by molar-refractivity contribution is -0.145. The topological polar surface area (TPSA) is 80.3 Å². The molecule has 2 N–H and O–H groups in total. The Morgan fingerprint density at radius 1 is 1.57 bits per heavy atom. The molecule has 1 amide bonds. The largest absolute Gasteiger partial charge is 0.465 e.